The van der Waals surface area contributed by atoms with Crippen molar-refractivity contribution < 1.29 is 13.2 Å². The Hall–Kier alpha value is -3.40. The number of halogens is 3. The van der Waals surface area contributed by atoms with Gasteiger partial charge in [0.1, 0.15) is 12.2 Å². The van der Waals surface area contributed by atoms with E-state index in [9.17, 15) is 18.0 Å². The Balaban J connectivity index is 1.29. The molecule has 7 nitrogen and oxygen atoms in total. The van der Waals surface area contributed by atoms with E-state index in [4.69, 9.17) is 0 Å². The van der Waals surface area contributed by atoms with Gasteiger partial charge in [0, 0.05) is 37.4 Å². The summed E-state index contributed by atoms with van der Waals surface area (Å²) in [4.78, 5) is 15.9. The molecule has 216 valence electrons. The Bertz CT molecular complexity index is 1630. The van der Waals surface area contributed by atoms with Crippen LogP contribution in [-0.2, 0) is 12.7 Å². The highest BCUT2D eigenvalue weighted by Crippen LogP contribution is 2.45. The SMILES string of the molecule is C[C@H]1CCCN(Cc2cc(C(F)(F)F)c3cn(-c4cccc([C@H](c5nncn5C5CC5)C5CCC5)c4)c(=O)n3c2)C1. The first-order valence-corrected chi connectivity index (χ1v) is 14.8. The van der Waals surface area contributed by atoms with Crippen LogP contribution in [0.25, 0.3) is 11.2 Å². The molecule has 0 bridgehead atoms. The van der Waals surface area contributed by atoms with Crippen LogP contribution in [0.3, 0.4) is 0 Å². The summed E-state index contributed by atoms with van der Waals surface area (Å²) in [6, 6.07) is 9.31. The van der Waals surface area contributed by atoms with Gasteiger partial charge in [-0.1, -0.05) is 25.5 Å². The van der Waals surface area contributed by atoms with Crippen molar-refractivity contribution in [3.8, 4) is 5.69 Å². The van der Waals surface area contributed by atoms with Crippen LogP contribution in [0.4, 0.5) is 13.2 Å². The standard InChI is InChI=1S/C31H35F3N6O/c1-20-5-4-12-37(15-20)16-21-13-26(31(32,33)34)27-18-38(30(41)39(27)17-21)25-9-3-8-23(14-25)28(22-6-2-7-22)29-36-35-19-40(29)24-10-11-24/h3,8-9,13-14,17-20,22,24,28H,2,4-7,10-12,15-16H2,1H3/t20-,28+/m0/s1. The molecular weight excluding hydrogens is 529 g/mol. The van der Waals surface area contributed by atoms with Crippen molar-refractivity contribution in [1.82, 2.24) is 28.6 Å². The van der Waals surface area contributed by atoms with Crippen LogP contribution in [0, 0.1) is 11.8 Å². The predicted molar refractivity (Wildman–Crippen MR) is 149 cm³/mol. The summed E-state index contributed by atoms with van der Waals surface area (Å²) < 4.78 is 47.6. The summed E-state index contributed by atoms with van der Waals surface area (Å²) in [5, 5.41) is 8.75. The summed E-state index contributed by atoms with van der Waals surface area (Å²) in [7, 11) is 0. The lowest BCUT2D eigenvalue weighted by Crippen LogP contribution is -2.34. The maximum absolute atomic E-state index is 14.3. The Morgan fingerprint density at radius 2 is 1.88 bits per heavy atom. The summed E-state index contributed by atoms with van der Waals surface area (Å²) in [5.41, 5.74) is 0.650. The average Bonchev–Trinajstić information content (AvgIpc) is 3.55. The number of benzene rings is 1. The minimum Gasteiger partial charge on any atom is -0.314 e. The molecule has 3 aromatic heterocycles. The number of fused-ring (bicyclic) bond motifs is 1. The van der Waals surface area contributed by atoms with Gasteiger partial charge in [-0.3, -0.25) is 13.9 Å². The van der Waals surface area contributed by atoms with Crippen molar-refractivity contribution in [1.29, 1.82) is 0 Å². The molecule has 41 heavy (non-hydrogen) atoms. The van der Waals surface area contributed by atoms with Crippen LogP contribution in [0.15, 0.2) is 53.8 Å². The van der Waals surface area contributed by atoms with E-state index in [1.54, 1.807) is 12.3 Å². The molecule has 0 N–H and O–H groups in total. The number of hydrogen-bond donors (Lipinski definition) is 0. The van der Waals surface area contributed by atoms with E-state index in [0.29, 0.717) is 35.7 Å². The predicted octanol–water partition coefficient (Wildman–Crippen LogP) is 6.20. The zero-order valence-electron chi connectivity index (χ0n) is 23.2. The molecule has 1 saturated heterocycles. The molecule has 4 heterocycles. The highest BCUT2D eigenvalue weighted by atomic mass is 19.4. The lowest BCUT2D eigenvalue weighted by molar-refractivity contribution is -0.136. The monoisotopic (exact) mass is 564 g/mol. The molecule has 2 aliphatic carbocycles. The van der Waals surface area contributed by atoms with Gasteiger partial charge in [0.25, 0.3) is 0 Å². The lowest BCUT2D eigenvalue weighted by Gasteiger charge is -2.34. The van der Waals surface area contributed by atoms with E-state index in [1.165, 1.54) is 27.7 Å². The maximum atomic E-state index is 14.3. The second kappa shape index (κ2) is 10.2. The molecule has 3 fully saturated rings. The maximum Gasteiger partial charge on any atom is 0.418 e. The zero-order valence-corrected chi connectivity index (χ0v) is 23.2. The van der Waals surface area contributed by atoms with Gasteiger partial charge in [0.05, 0.1) is 16.8 Å². The Morgan fingerprint density at radius 1 is 1.05 bits per heavy atom. The number of rotatable bonds is 7. The lowest BCUT2D eigenvalue weighted by atomic mass is 9.72. The first kappa shape index (κ1) is 26.5. The van der Waals surface area contributed by atoms with Gasteiger partial charge in [-0.2, -0.15) is 13.2 Å². The first-order chi connectivity index (χ1) is 19.8. The summed E-state index contributed by atoms with van der Waals surface area (Å²) in [5.74, 6) is 1.91. The second-order valence-electron chi connectivity index (χ2n) is 12.4. The van der Waals surface area contributed by atoms with Crippen molar-refractivity contribution >= 4 is 5.52 Å². The smallest absolute Gasteiger partial charge is 0.314 e. The molecular formula is C31H35F3N6O. The normalized spacial score (nSPS) is 21.3. The Labute approximate surface area is 236 Å². The van der Waals surface area contributed by atoms with Crippen LogP contribution in [0.5, 0.6) is 0 Å². The largest absolute Gasteiger partial charge is 0.418 e. The summed E-state index contributed by atoms with van der Waals surface area (Å²) in [6.07, 6.45) is 7.91. The fourth-order valence-electron chi connectivity index (χ4n) is 6.81. The molecule has 2 atom stereocenters. The number of imidazole rings is 1. The van der Waals surface area contributed by atoms with Crippen molar-refractivity contribution in [2.24, 2.45) is 11.8 Å². The van der Waals surface area contributed by atoms with Crippen molar-refractivity contribution in [3.05, 3.63) is 82.1 Å². The van der Waals surface area contributed by atoms with Crippen molar-refractivity contribution in [2.45, 2.75) is 76.6 Å². The highest BCUT2D eigenvalue weighted by molar-refractivity contribution is 5.58. The van der Waals surface area contributed by atoms with Gasteiger partial charge < -0.3 is 4.57 Å². The molecule has 10 heteroatoms. The molecule has 3 aliphatic rings. The van der Waals surface area contributed by atoms with Crippen LogP contribution in [0.2, 0.25) is 0 Å². The van der Waals surface area contributed by atoms with Crippen LogP contribution >= 0.6 is 0 Å². The van der Waals surface area contributed by atoms with Gasteiger partial charge >= 0.3 is 11.9 Å². The van der Waals surface area contributed by atoms with Crippen molar-refractivity contribution in [2.75, 3.05) is 13.1 Å². The minimum absolute atomic E-state index is 0.0313. The fourth-order valence-corrected chi connectivity index (χ4v) is 6.81. The van der Waals surface area contributed by atoms with E-state index in [2.05, 4.69) is 26.6 Å². The van der Waals surface area contributed by atoms with E-state index in [0.717, 1.165) is 63.0 Å². The molecule has 4 aromatic rings. The number of nitrogens with zero attached hydrogens (tertiary/aromatic N) is 6. The number of likely N-dealkylation sites (tertiary alicyclic amines) is 1. The molecule has 7 rings (SSSR count). The number of hydrogen-bond acceptors (Lipinski definition) is 4. The second-order valence-corrected chi connectivity index (χ2v) is 12.4. The Morgan fingerprint density at radius 3 is 2.59 bits per heavy atom. The zero-order chi connectivity index (χ0) is 28.3. The molecule has 0 unspecified atom stereocenters. The molecule has 0 spiro atoms. The van der Waals surface area contributed by atoms with E-state index >= 15 is 0 Å². The number of alkyl halides is 3. The molecule has 0 amide bonds. The highest BCUT2D eigenvalue weighted by Gasteiger charge is 2.37. The van der Waals surface area contributed by atoms with Crippen LogP contribution in [0.1, 0.15) is 86.3 Å². The quantitative estimate of drug-likeness (QED) is 0.268. The van der Waals surface area contributed by atoms with Gasteiger partial charge in [-0.25, -0.2) is 4.79 Å². The van der Waals surface area contributed by atoms with Crippen molar-refractivity contribution in [3.63, 3.8) is 0 Å². The van der Waals surface area contributed by atoms with Gasteiger partial charge in [-0.15, -0.1) is 10.2 Å². The average molecular weight is 565 g/mol. The number of aromatic nitrogens is 5. The summed E-state index contributed by atoms with van der Waals surface area (Å²) in [6.45, 7) is 4.25. The number of piperidine rings is 1. The minimum atomic E-state index is -4.58. The topological polar surface area (TPSA) is 60.4 Å². The third kappa shape index (κ3) is 5.00. The van der Waals surface area contributed by atoms with E-state index in [-0.39, 0.29) is 11.4 Å². The van der Waals surface area contributed by atoms with Gasteiger partial charge in [0.2, 0.25) is 0 Å². The third-order valence-corrected chi connectivity index (χ3v) is 9.22. The number of pyridine rings is 1. The molecule has 0 radical (unpaired) electrons. The fraction of sp³-hybridized carbons (Fsp3) is 0.516. The Kier molecular flexibility index (Phi) is 6.56. The molecule has 1 aliphatic heterocycles. The van der Waals surface area contributed by atoms with E-state index in [1.807, 2.05) is 24.5 Å². The molecule has 2 saturated carbocycles. The molecule has 1 aromatic carbocycles. The van der Waals surface area contributed by atoms with Crippen LogP contribution in [-0.4, -0.2) is 41.7 Å². The van der Waals surface area contributed by atoms with Crippen LogP contribution < -0.4 is 5.69 Å². The summed E-state index contributed by atoms with van der Waals surface area (Å²) >= 11 is 0. The first-order valence-electron chi connectivity index (χ1n) is 14.8. The van der Waals surface area contributed by atoms with Gasteiger partial charge in [0.15, 0.2) is 0 Å². The third-order valence-electron chi connectivity index (χ3n) is 9.22. The van der Waals surface area contributed by atoms with E-state index < -0.39 is 17.4 Å². The van der Waals surface area contributed by atoms with Gasteiger partial charge in [-0.05, 0) is 86.2 Å².